The summed E-state index contributed by atoms with van der Waals surface area (Å²) < 4.78 is 10.4. The minimum absolute atomic E-state index is 0.0485. The molecule has 0 aromatic heterocycles. The lowest BCUT2D eigenvalue weighted by Gasteiger charge is -2.19. The number of nitrogens with one attached hydrogen (secondary N) is 1. The molecule has 2 amide bonds. The van der Waals surface area contributed by atoms with E-state index in [4.69, 9.17) is 21.1 Å². The predicted octanol–water partition coefficient (Wildman–Crippen LogP) is 6.09. The molecule has 3 aromatic rings. The molecule has 0 bridgehead atoms. The molecule has 0 unspecified atom stereocenters. The monoisotopic (exact) mass is 535 g/mol. The maximum atomic E-state index is 13.5. The number of hydrogen-bond acceptors (Lipinski definition) is 6. The third-order valence-electron chi connectivity index (χ3n) is 5.48. The van der Waals surface area contributed by atoms with Crippen molar-refractivity contribution in [3.05, 3.63) is 88.1 Å². The Bertz CT molecular complexity index is 1380. The molecule has 0 radical (unpaired) electrons. The van der Waals surface area contributed by atoms with Crippen LogP contribution in [0.3, 0.4) is 0 Å². The van der Waals surface area contributed by atoms with E-state index in [1.54, 1.807) is 36.3 Å². The number of aryl methyl sites for hydroxylation is 2. The van der Waals surface area contributed by atoms with Crippen LogP contribution in [-0.4, -0.2) is 37.0 Å². The highest BCUT2D eigenvalue weighted by Gasteiger charge is 2.32. The van der Waals surface area contributed by atoms with E-state index in [2.05, 4.69) is 10.3 Å². The lowest BCUT2D eigenvalue weighted by atomic mass is 10.1. The van der Waals surface area contributed by atoms with E-state index in [0.29, 0.717) is 27.3 Å². The average molecular weight is 536 g/mol. The minimum atomic E-state index is -0.259. The summed E-state index contributed by atoms with van der Waals surface area (Å²) in [4.78, 5) is 32.3. The predicted molar refractivity (Wildman–Crippen MR) is 151 cm³/mol. The Hall–Kier alpha value is -3.75. The molecular weight excluding hydrogens is 510 g/mol. The van der Waals surface area contributed by atoms with Gasteiger partial charge in [-0.2, -0.15) is 0 Å². The van der Waals surface area contributed by atoms with E-state index < -0.39 is 0 Å². The van der Waals surface area contributed by atoms with E-state index in [-0.39, 0.29) is 23.3 Å². The third-order valence-corrected chi connectivity index (χ3v) is 6.72. The number of halogens is 1. The Labute approximate surface area is 225 Å². The van der Waals surface area contributed by atoms with Crippen LogP contribution in [0.15, 0.2) is 71.4 Å². The molecule has 1 aliphatic heterocycles. The van der Waals surface area contributed by atoms with Gasteiger partial charge in [0, 0.05) is 5.69 Å². The maximum Gasteiger partial charge on any atom is 0.283 e. The first-order chi connectivity index (χ1) is 17.8. The molecule has 0 saturated heterocycles. The van der Waals surface area contributed by atoms with Crippen LogP contribution in [0.2, 0.25) is 5.02 Å². The maximum absolute atomic E-state index is 13.5. The van der Waals surface area contributed by atoms with Crippen LogP contribution in [0, 0.1) is 13.8 Å². The van der Waals surface area contributed by atoms with Crippen LogP contribution in [-0.2, 0) is 9.59 Å². The number of benzene rings is 3. The van der Waals surface area contributed by atoms with Crippen LogP contribution < -0.4 is 19.7 Å². The van der Waals surface area contributed by atoms with Crippen molar-refractivity contribution in [2.24, 2.45) is 4.99 Å². The molecule has 7 nitrogen and oxygen atoms in total. The van der Waals surface area contributed by atoms with Crippen LogP contribution in [0.1, 0.15) is 16.7 Å². The van der Waals surface area contributed by atoms with Gasteiger partial charge in [0.2, 0.25) is 5.91 Å². The summed E-state index contributed by atoms with van der Waals surface area (Å²) in [6, 6.07) is 18.3. The standard InChI is InChI=1S/C28H26ClN3O4S/c1-17-11-18(2)13-21(12-17)32-27(34)24(14-19-5-8-22(35-3)9-6-19)31-28(32)37-16-26(33)30-20-7-10-25(36-4)23(29)15-20/h5-15H,16H2,1-4H3,(H,30,33)/b24-14-. The topological polar surface area (TPSA) is 80.2 Å². The lowest BCUT2D eigenvalue weighted by Crippen LogP contribution is -2.31. The average Bonchev–Trinajstić information content (AvgIpc) is 3.17. The fourth-order valence-corrected chi connectivity index (χ4v) is 4.90. The largest absolute Gasteiger partial charge is 0.497 e. The van der Waals surface area contributed by atoms with Gasteiger partial charge in [0.1, 0.15) is 17.2 Å². The van der Waals surface area contributed by atoms with E-state index >= 15 is 0 Å². The molecule has 4 rings (SSSR count). The van der Waals surface area contributed by atoms with Gasteiger partial charge in [0.05, 0.1) is 30.7 Å². The second-order valence-corrected chi connectivity index (χ2v) is 9.72. The second-order valence-electron chi connectivity index (χ2n) is 8.37. The van der Waals surface area contributed by atoms with Gasteiger partial charge in [-0.05, 0) is 79.1 Å². The Balaban J connectivity index is 1.57. The van der Waals surface area contributed by atoms with Crippen LogP contribution in [0.5, 0.6) is 11.5 Å². The molecule has 190 valence electrons. The summed E-state index contributed by atoms with van der Waals surface area (Å²) in [6.45, 7) is 3.95. The molecule has 0 spiro atoms. The number of amidine groups is 1. The number of carbonyl (C=O) groups is 2. The van der Waals surface area contributed by atoms with Crippen molar-refractivity contribution in [3.8, 4) is 11.5 Å². The normalized spacial score (nSPS) is 14.1. The Morgan fingerprint density at radius 2 is 1.73 bits per heavy atom. The number of thioether (sulfide) groups is 1. The van der Waals surface area contributed by atoms with Gasteiger partial charge in [-0.1, -0.05) is 41.6 Å². The molecule has 37 heavy (non-hydrogen) atoms. The van der Waals surface area contributed by atoms with Gasteiger partial charge in [-0.15, -0.1) is 0 Å². The first-order valence-corrected chi connectivity index (χ1v) is 12.8. The number of hydrogen-bond donors (Lipinski definition) is 1. The van der Waals surface area contributed by atoms with E-state index in [9.17, 15) is 9.59 Å². The zero-order valence-corrected chi connectivity index (χ0v) is 22.4. The summed E-state index contributed by atoms with van der Waals surface area (Å²) in [6.07, 6.45) is 1.73. The van der Waals surface area contributed by atoms with E-state index in [0.717, 1.165) is 22.4 Å². The molecule has 1 aliphatic rings. The number of amides is 2. The van der Waals surface area contributed by atoms with Gasteiger partial charge < -0.3 is 14.8 Å². The number of nitrogens with zero attached hydrogens (tertiary/aromatic N) is 2. The molecule has 0 saturated carbocycles. The summed E-state index contributed by atoms with van der Waals surface area (Å²) in [5.41, 5.74) is 4.40. The van der Waals surface area contributed by atoms with Crippen molar-refractivity contribution in [1.82, 2.24) is 0 Å². The zero-order valence-electron chi connectivity index (χ0n) is 20.9. The third kappa shape index (κ3) is 6.34. The highest BCUT2D eigenvalue weighted by molar-refractivity contribution is 8.14. The number of anilines is 2. The molecule has 3 aromatic carbocycles. The van der Waals surface area contributed by atoms with Crippen molar-refractivity contribution in [1.29, 1.82) is 0 Å². The summed E-state index contributed by atoms with van der Waals surface area (Å²) in [5.74, 6) is 0.779. The van der Waals surface area contributed by atoms with Crippen molar-refractivity contribution >= 4 is 57.8 Å². The number of methoxy groups -OCH3 is 2. The first-order valence-electron chi connectivity index (χ1n) is 11.4. The molecule has 9 heteroatoms. The van der Waals surface area contributed by atoms with Crippen LogP contribution in [0.25, 0.3) is 6.08 Å². The van der Waals surface area contributed by atoms with E-state index in [1.807, 2.05) is 56.3 Å². The van der Waals surface area contributed by atoms with Gasteiger partial charge in [-0.3, -0.25) is 14.5 Å². The molecule has 0 fully saturated rings. The Kier molecular flexibility index (Phi) is 8.21. The zero-order chi connectivity index (χ0) is 26.5. The number of aliphatic imine (C=N–C) groups is 1. The lowest BCUT2D eigenvalue weighted by molar-refractivity contribution is -0.114. The summed E-state index contributed by atoms with van der Waals surface area (Å²) in [7, 11) is 3.13. The minimum Gasteiger partial charge on any atom is -0.497 e. The van der Waals surface area contributed by atoms with Gasteiger partial charge >= 0.3 is 0 Å². The molecule has 0 aliphatic carbocycles. The molecule has 0 atom stereocenters. The van der Waals surface area contributed by atoms with Gasteiger partial charge in [0.25, 0.3) is 5.91 Å². The van der Waals surface area contributed by atoms with E-state index in [1.165, 1.54) is 18.9 Å². The highest BCUT2D eigenvalue weighted by atomic mass is 35.5. The fourth-order valence-electron chi connectivity index (χ4n) is 3.83. The van der Waals surface area contributed by atoms with Crippen molar-refractivity contribution in [2.75, 3.05) is 30.2 Å². The van der Waals surface area contributed by atoms with Gasteiger partial charge in [-0.25, -0.2) is 4.99 Å². The fraction of sp³-hybridized carbons (Fsp3) is 0.179. The smallest absolute Gasteiger partial charge is 0.283 e. The van der Waals surface area contributed by atoms with Crippen molar-refractivity contribution < 1.29 is 19.1 Å². The van der Waals surface area contributed by atoms with Crippen LogP contribution >= 0.6 is 23.4 Å². The summed E-state index contributed by atoms with van der Waals surface area (Å²) in [5, 5.41) is 3.64. The number of carbonyl (C=O) groups excluding carboxylic acids is 2. The quantitative estimate of drug-likeness (QED) is 0.370. The number of rotatable bonds is 7. The van der Waals surface area contributed by atoms with Crippen molar-refractivity contribution in [3.63, 3.8) is 0 Å². The highest BCUT2D eigenvalue weighted by Crippen LogP contribution is 2.31. The second kappa shape index (κ2) is 11.5. The Morgan fingerprint density at radius 3 is 2.35 bits per heavy atom. The SMILES string of the molecule is COc1ccc(/C=C2\N=C(SCC(=O)Nc3ccc(OC)c(Cl)c3)N(c3cc(C)cc(C)c3)C2=O)cc1. The molecule has 1 heterocycles. The van der Waals surface area contributed by atoms with Gasteiger partial charge in [0.15, 0.2) is 5.17 Å². The molecule has 1 N–H and O–H groups in total. The molecular formula is C28H26ClN3O4S. The first kappa shape index (κ1) is 26.3. The summed E-state index contributed by atoms with van der Waals surface area (Å²) >= 11 is 7.35. The Morgan fingerprint density at radius 1 is 1.03 bits per heavy atom. The van der Waals surface area contributed by atoms with Crippen LogP contribution in [0.4, 0.5) is 11.4 Å². The van der Waals surface area contributed by atoms with Crippen molar-refractivity contribution in [2.45, 2.75) is 13.8 Å². The number of ether oxygens (including phenoxy) is 2.